The highest BCUT2D eigenvalue weighted by molar-refractivity contribution is 9.10. The second kappa shape index (κ2) is 6.86. The molecule has 0 amide bonds. The Bertz CT molecular complexity index is 578. The van der Waals surface area contributed by atoms with Crippen molar-refractivity contribution in [3.05, 3.63) is 69.4 Å². The summed E-state index contributed by atoms with van der Waals surface area (Å²) in [6, 6.07) is 13.7. The Morgan fingerprint density at radius 2 is 1.55 bits per heavy atom. The third kappa shape index (κ3) is 3.50. The molecule has 106 valence electrons. The Kier molecular flexibility index (Phi) is 5.39. The second-order valence-corrected chi connectivity index (χ2v) is 6.78. The van der Waals surface area contributed by atoms with Crippen molar-refractivity contribution >= 4 is 31.9 Å². The Balaban J connectivity index is 2.24. The minimum absolute atomic E-state index is 0.0744. The molecule has 0 N–H and O–H groups in total. The highest BCUT2D eigenvalue weighted by atomic mass is 79.9. The van der Waals surface area contributed by atoms with E-state index in [9.17, 15) is 4.39 Å². The fourth-order valence-corrected chi connectivity index (χ4v) is 3.08. The van der Waals surface area contributed by atoms with E-state index in [2.05, 4.69) is 70.0 Å². The summed E-state index contributed by atoms with van der Waals surface area (Å²) < 4.78 is 13.8. The van der Waals surface area contributed by atoms with Crippen LogP contribution in [0, 0.1) is 5.82 Å². The molecule has 3 heteroatoms. The molecule has 0 fully saturated rings. The van der Waals surface area contributed by atoms with E-state index in [0.717, 1.165) is 12.0 Å². The quantitative estimate of drug-likeness (QED) is 0.509. The molecule has 2 aromatic rings. The summed E-state index contributed by atoms with van der Waals surface area (Å²) in [5.41, 5.74) is 3.57. The average Bonchev–Trinajstić information content (AvgIpc) is 2.48. The largest absolute Gasteiger partial charge is 0.206 e. The van der Waals surface area contributed by atoms with Gasteiger partial charge >= 0.3 is 0 Å². The summed E-state index contributed by atoms with van der Waals surface area (Å²) in [6.07, 6.45) is 1.14. The van der Waals surface area contributed by atoms with Gasteiger partial charge in [0.25, 0.3) is 0 Å². The normalized spacial score (nSPS) is 14.1. The van der Waals surface area contributed by atoms with Crippen LogP contribution in [0.1, 0.15) is 47.7 Å². The first kappa shape index (κ1) is 15.7. The minimum atomic E-state index is -0.236. The molecule has 0 aromatic heterocycles. The van der Waals surface area contributed by atoms with Gasteiger partial charge in [0.2, 0.25) is 0 Å². The minimum Gasteiger partial charge on any atom is -0.206 e. The van der Waals surface area contributed by atoms with E-state index in [0.29, 0.717) is 10.4 Å². The van der Waals surface area contributed by atoms with Crippen LogP contribution in [0.5, 0.6) is 0 Å². The zero-order valence-corrected chi connectivity index (χ0v) is 14.7. The van der Waals surface area contributed by atoms with Crippen molar-refractivity contribution in [1.29, 1.82) is 0 Å². The summed E-state index contributed by atoms with van der Waals surface area (Å²) in [4.78, 5) is 0.0744. The van der Waals surface area contributed by atoms with Gasteiger partial charge in [-0.1, -0.05) is 60.1 Å². The molecule has 2 aromatic carbocycles. The van der Waals surface area contributed by atoms with Crippen molar-refractivity contribution in [2.75, 3.05) is 0 Å². The SMILES string of the molecule is CCC(C)c1ccc(C(Br)c2ccc(F)c(Br)c2)cc1. The van der Waals surface area contributed by atoms with Crippen molar-refractivity contribution in [2.45, 2.75) is 31.0 Å². The van der Waals surface area contributed by atoms with E-state index in [-0.39, 0.29) is 10.6 Å². The predicted molar refractivity (Wildman–Crippen MR) is 90.0 cm³/mol. The molecule has 0 aliphatic rings. The van der Waals surface area contributed by atoms with Crippen molar-refractivity contribution in [3.8, 4) is 0 Å². The van der Waals surface area contributed by atoms with E-state index >= 15 is 0 Å². The van der Waals surface area contributed by atoms with Crippen molar-refractivity contribution in [3.63, 3.8) is 0 Å². The molecule has 2 atom stereocenters. The van der Waals surface area contributed by atoms with Gasteiger partial charge in [0.1, 0.15) is 5.82 Å². The lowest BCUT2D eigenvalue weighted by Gasteiger charge is -2.14. The van der Waals surface area contributed by atoms with Gasteiger partial charge in [-0.25, -0.2) is 4.39 Å². The molecule has 0 nitrogen and oxygen atoms in total. The molecule has 0 saturated carbocycles. The monoisotopic (exact) mass is 398 g/mol. The number of hydrogen-bond acceptors (Lipinski definition) is 0. The Morgan fingerprint density at radius 3 is 2.10 bits per heavy atom. The molecular weight excluding hydrogens is 383 g/mol. The molecule has 0 heterocycles. The molecule has 0 aliphatic carbocycles. The fourth-order valence-electron chi connectivity index (χ4n) is 2.09. The number of rotatable bonds is 4. The van der Waals surface area contributed by atoms with Crippen LogP contribution >= 0.6 is 31.9 Å². The lowest BCUT2D eigenvalue weighted by molar-refractivity contribution is 0.620. The van der Waals surface area contributed by atoms with E-state index < -0.39 is 0 Å². The Hall–Kier alpha value is -0.670. The highest BCUT2D eigenvalue weighted by Gasteiger charge is 2.12. The molecular formula is C17H17Br2F. The van der Waals surface area contributed by atoms with Gasteiger partial charge in [-0.2, -0.15) is 0 Å². The second-order valence-electron chi connectivity index (χ2n) is 5.01. The molecule has 0 spiro atoms. The molecule has 0 radical (unpaired) electrons. The molecule has 2 unspecified atom stereocenters. The van der Waals surface area contributed by atoms with E-state index in [1.54, 1.807) is 0 Å². The fraction of sp³-hybridized carbons (Fsp3) is 0.294. The van der Waals surface area contributed by atoms with Crippen LogP contribution < -0.4 is 0 Å². The molecule has 0 bridgehead atoms. The maximum atomic E-state index is 13.3. The van der Waals surface area contributed by atoms with E-state index in [1.807, 2.05) is 12.1 Å². The van der Waals surface area contributed by atoms with Crippen LogP contribution in [0.4, 0.5) is 4.39 Å². The third-order valence-corrected chi connectivity index (χ3v) is 5.31. The predicted octanol–water partition coefficient (Wildman–Crippen LogP) is 6.59. The molecule has 0 aliphatic heterocycles. The first-order valence-electron chi connectivity index (χ1n) is 6.71. The summed E-state index contributed by atoms with van der Waals surface area (Å²) >= 11 is 6.92. The molecule has 2 rings (SSSR count). The third-order valence-electron chi connectivity index (χ3n) is 3.65. The van der Waals surface area contributed by atoms with Crippen LogP contribution in [0.3, 0.4) is 0 Å². The van der Waals surface area contributed by atoms with Crippen LogP contribution in [0.2, 0.25) is 0 Å². The van der Waals surface area contributed by atoms with Crippen molar-refractivity contribution in [2.24, 2.45) is 0 Å². The topological polar surface area (TPSA) is 0 Å². The summed E-state index contributed by atoms with van der Waals surface area (Å²) in [6.45, 7) is 4.43. The van der Waals surface area contributed by atoms with Gasteiger partial charge in [0.05, 0.1) is 9.30 Å². The zero-order valence-electron chi connectivity index (χ0n) is 11.5. The number of halogens is 3. The van der Waals surface area contributed by atoms with Crippen LogP contribution in [0.15, 0.2) is 46.9 Å². The lowest BCUT2D eigenvalue weighted by Crippen LogP contribution is -1.96. The number of benzene rings is 2. The average molecular weight is 400 g/mol. The van der Waals surface area contributed by atoms with Crippen LogP contribution in [0.25, 0.3) is 0 Å². The lowest BCUT2D eigenvalue weighted by atomic mass is 9.96. The highest BCUT2D eigenvalue weighted by Crippen LogP contribution is 2.33. The maximum Gasteiger partial charge on any atom is 0.137 e. The maximum absolute atomic E-state index is 13.3. The van der Waals surface area contributed by atoms with Crippen molar-refractivity contribution in [1.82, 2.24) is 0 Å². The molecule has 0 saturated heterocycles. The van der Waals surface area contributed by atoms with Crippen LogP contribution in [-0.2, 0) is 0 Å². The molecule has 20 heavy (non-hydrogen) atoms. The van der Waals surface area contributed by atoms with Crippen LogP contribution in [-0.4, -0.2) is 0 Å². The van der Waals surface area contributed by atoms with Gasteiger partial charge in [-0.15, -0.1) is 0 Å². The zero-order chi connectivity index (χ0) is 14.7. The van der Waals surface area contributed by atoms with E-state index in [4.69, 9.17) is 0 Å². The van der Waals surface area contributed by atoms with Gasteiger partial charge in [-0.3, -0.25) is 0 Å². The summed E-state index contributed by atoms with van der Waals surface area (Å²) in [5.74, 6) is 0.346. The first-order valence-corrected chi connectivity index (χ1v) is 8.42. The number of hydrogen-bond donors (Lipinski definition) is 0. The van der Waals surface area contributed by atoms with Gasteiger partial charge in [0, 0.05) is 0 Å². The van der Waals surface area contributed by atoms with Gasteiger partial charge in [0.15, 0.2) is 0 Å². The first-order chi connectivity index (χ1) is 9.52. The van der Waals surface area contributed by atoms with Gasteiger partial charge in [-0.05, 0) is 57.1 Å². The van der Waals surface area contributed by atoms with Crippen molar-refractivity contribution < 1.29 is 4.39 Å². The number of alkyl halides is 1. The summed E-state index contributed by atoms with van der Waals surface area (Å²) in [5, 5.41) is 0. The standard InChI is InChI=1S/C17H17Br2F/c1-3-11(2)12-4-6-13(7-5-12)17(19)14-8-9-16(20)15(18)10-14/h4-11,17H,3H2,1-2H3. The summed E-state index contributed by atoms with van der Waals surface area (Å²) in [7, 11) is 0. The smallest absolute Gasteiger partial charge is 0.137 e. The Morgan fingerprint density at radius 1 is 1.00 bits per heavy atom. The van der Waals surface area contributed by atoms with Gasteiger partial charge < -0.3 is 0 Å². The van der Waals surface area contributed by atoms with E-state index in [1.165, 1.54) is 17.2 Å². The Labute approximate surface area is 136 Å².